The highest BCUT2D eigenvalue weighted by molar-refractivity contribution is 7.92. The molecule has 2 amide bonds. The number of non-ortho nitro benzene ring substituents is 1. The molecule has 0 aliphatic heterocycles. The molecule has 0 unspecified atom stereocenters. The van der Waals surface area contributed by atoms with Crippen molar-refractivity contribution in [3.8, 4) is 5.75 Å². The fourth-order valence-electron chi connectivity index (χ4n) is 3.67. The van der Waals surface area contributed by atoms with Crippen LogP contribution in [0.4, 0.5) is 11.4 Å². The van der Waals surface area contributed by atoms with Crippen molar-refractivity contribution in [3.05, 3.63) is 63.7 Å². The number of benzene rings is 2. The van der Waals surface area contributed by atoms with E-state index in [1.54, 1.807) is 6.92 Å². The number of ether oxygens (including phenoxy) is 1. The van der Waals surface area contributed by atoms with Crippen LogP contribution in [0.25, 0.3) is 0 Å². The van der Waals surface area contributed by atoms with Crippen molar-refractivity contribution in [1.82, 2.24) is 10.2 Å². The van der Waals surface area contributed by atoms with E-state index < -0.39 is 39.3 Å². The monoisotopic (exact) mass is 506 g/mol. The maximum atomic E-state index is 13.6. The van der Waals surface area contributed by atoms with Gasteiger partial charge in [0.05, 0.1) is 18.3 Å². The number of sulfonamides is 1. The van der Waals surface area contributed by atoms with Gasteiger partial charge >= 0.3 is 0 Å². The third-order valence-corrected chi connectivity index (χ3v) is 6.52. The lowest BCUT2D eigenvalue weighted by atomic mass is 10.1. The first kappa shape index (κ1) is 27.6. The number of hydrogen-bond acceptors (Lipinski definition) is 7. The van der Waals surface area contributed by atoms with Crippen molar-refractivity contribution in [2.75, 3.05) is 31.3 Å². The lowest BCUT2D eigenvalue weighted by Crippen LogP contribution is -2.51. The molecule has 0 aromatic heterocycles. The van der Waals surface area contributed by atoms with E-state index in [2.05, 4.69) is 5.32 Å². The maximum Gasteiger partial charge on any atom is 0.271 e. The minimum atomic E-state index is -4.08. The molecule has 2 aromatic carbocycles. The Labute approximate surface area is 204 Å². The van der Waals surface area contributed by atoms with Gasteiger partial charge in [-0.05, 0) is 25.0 Å². The van der Waals surface area contributed by atoms with Gasteiger partial charge < -0.3 is 15.0 Å². The van der Waals surface area contributed by atoms with E-state index in [9.17, 15) is 28.1 Å². The molecule has 0 saturated carbocycles. The number of rotatable bonds is 11. The minimum Gasteiger partial charge on any atom is -0.495 e. The Morgan fingerprint density at radius 3 is 2.40 bits per heavy atom. The van der Waals surface area contributed by atoms with Crippen molar-refractivity contribution in [2.24, 2.45) is 0 Å². The number of nitro groups is 1. The normalized spacial score (nSPS) is 11.9. The molecular weight excluding hydrogens is 476 g/mol. The zero-order chi connectivity index (χ0) is 26.3. The first-order valence-corrected chi connectivity index (χ1v) is 12.6. The Morgan fingerprint density at radius 1 is 1.20 bits per heavy atom. The van der Waals surface area contributed by atoms with E-state index in [0.717, 1.165) is 27.8 Å². The van der Waals surface area contributed by atoms with Crippen LogP contribution in [0.2, 0.25) is 0 Å². The molecule has 0 aliphatic rings. The van der Waals surface area contributed by atoms with Crippen LogP contribution in [0.1, 0.15) is 24.5 Å². The summed E-state index contributed by atoms with van der Waals surface area (Å²) in [5.41, 5.74) is 1.21. The van der Waals surface area contributed by atoms with Crippen molar-refractivity contribution < 1.29 is 27.7 Å². The van der Waals surface area contributed by atoms with Crippen LogP contribution in [0.15, 0.2) is 42.5 Å². The second kappa shape index (κ2) is 11.6. The van der Waals surface area contributed by atoms with E-state index in [-0.39, 0.29) is 30.1 Å². The average Bonchev–Trinajstić information content (AvgIpc) is 2.80. The number of aryl methyl sites for hydroxylation is 1. The fourth-order valence-corrected chi connectivity index (χ4v) is 4.52. The molecule has 12 heteroatoms. The lowest BCUT2D eigenvalue weighted by molar-refractivity contribution is -0.384. The quantitative estimate of drug-likeness (QED) is 0.364. The molecule has 11 nitrogen and oxygen atoms in total. The number of methoxy groups -OCH3 is 1. The van der Waals surface area contributed by atoms with Gasteiger partial charge in [0.15, 0.2) is 0 Å². The van der Waals surface area contributed by atoms with E-state index in [1.165, 1.54) is 31.2 Å². The number of hydrogen-bond donors (Lipinski definition) is 1. The Hall–Kier alpha value is -3.67. The molecule has 0 fully saturated rings. The highest BCUT2D eigenvalue weighted by atomic mass is 32.2. The number of anilines is 1. The third kappa shape index (κ3) is 6.92. The van der Waals surface area contributed by atoms with Crippen LogP contribution in [-0.2, 0) is 26.2 Å². The average molecular weight is 507 g/mol. The van der Waals surface area contributed by atoms with Gasteiger partial charge in [-0.2, -0.15) is 0 Å². The minimum absolute atomic E-state index is 0.0393. The zero-order valence-electron chi connectivity index (χ0n) is 20.3. The van der Waals surface area contributed by atoms with Crippen LogP contribution in [-0.4, -0.2) is 63.1 Å². The van der Waals surface area contributed by atoms with E-state index >= 15 is 0 Å². The summed E-state index contributed by atoms with van der Waals surface area (Å²) in [6.07, 6.45) is 1.18. The van der Waals surface area contributed by atoms with Crippen LogP contribution in [0.3, 0.4) is 0 Å². The molecule has 0 heterocycles. The molecule has 190 valence electrons. The number of nitrogens with one attached hydrogen (secondary N) is 1. The van der Waals surface area contributed by atoms with Crippen LogP contribution < -0.4 is 14.4 Å². The zero-order valence-corrected chi connectivity index (χ0v) is 21.2. The summed E-state index contributed by atoms with van der Waals surface area (Å²) in [5.74, 6) is -1.01. The SMILES string of the molecule is CC[C@H](C(=O)NC)N(Cc1cccc(C)c1)C(=O)CN(c1cc([N+](=O)[O-])ccc1OC)S(C)(=O)=O. The first-order valence-electron chi connectivity index (χ1n) is 10.8. The van der Waals surface area contributed by atoms with Gasteiger partial charge in [0, 0.05) is 25.7 Å². The second-order valence-electron chi connectivity index (χ2n) is 7.93. The summed E-state index contributed by atoms with van der Waals surface area (Å²) in [7, 11) is -1.33. The molecular formula is C23H30N4O7S. The fraction of sp³-hybridized carbons (Fsp3) is 0.391. The van der Waals surface area contributed by atoms with Crippen molar-refractivity contribution in [1.29, 1.82) is 0 Å². The summed E-state index contributed by atoms with van der Waals surface area (Å²) in [4.78, 5) is 38.1. The molecule has 0 aliphatic carbocycles. The summed E-state index contributed by atoms with van der Waals surface area (Å²) in [6, 6.07) is 10.0. The summed E-state index contributed by atoms with van der Waals surface area (Å²) >= 11 is 0. The van der Waals surface area contributed by atoms with Gasteiger partial charge in [-0.3, -0.25) is 24.0 Å². The molecule has 0 bridgehead atoms. The standard InChI is InChI=1S/C23H30N4O7S/c1-6-19(23(29)24-3)25(14-17-9-7-8-16(2)12-17)22(28)15-26(35(5,32)33)20-13-18(27(30)31)10-11-21(20)34-4/h7-13,19H,6,14-15H2,1-5H3,(H,24,29)/t19-/m1/s1. The summed E-state index contributed by atoms with van der Waals surface area (Å²) in [5, 5.41) is 13.8. The predicted octanol–water partition coefficient (Wildman–Crippen LogP) is 2.23. The molecule has 2 rings (SSSR count). The smallest absolute Gasteiger partial charge is 0.271 e. The number of amides is 2. The van der Waals surface area contributed by atoms with Crippen LogP contribution in [0.5, 0.6) is 5.75 Å². The predicted molar refractivity (Wildman–Crippen MR) is 132 cm³/mol. The van der Waals surface area contributed by atoms with Gasteiger partial charge in [-0.25, -0.2) is 8.42 Å². The summed E-state index contributed by atoms with van der Waals surface area (Å²) < 4.78 is 31.4. The van der Waals surface area contributed by atoms with Gasteiger partial charge in [0.2, 0.25) is 21.8 Å². The first-order chi connectivity index (χ1) is 16.4. The number of carbonyl (C=O) groups is 2. The Balaban J connectivity index is 2.55. The summed E-state index contributed by atoms with van der Waals surface area (Å²) in [6.45, 7) is 3.02. The topological polar surface area (TPSA) is 139 Å². The van der Waals surface area contributed by atoms with Gasteiger partial charge in [-0.15, -0.1) is 0 Å². The maximum absolute atomic E-state index is 13.6. The molecule has 1 atom stereocenters. The van der Waals surface area contributed by atoms with Crippen molar-refractivity contribution in [3.63, 3.8) is 0 Å². The Kier molecular flexibility index (Phi) is 9.18. The molecule has 2 aromatic rings. The molecule has 0 radical (unpaired) electrons. The molecule has 0 spiro atoms. The van der Waals surface area contributed by atoms with Gasteiger partial charge in [-0.1, -0.05) is 36.8 Å². The van der Waals surface area contributed by atoms with Gasteiger partial charge in [0.25, 0.3) is 5.69 Å². The number of nitrogens with zero attached hydrogens (tertiary/aromatic N) is 3. The van der Waals surface area contributed by atoms with Crippen molar-refractivity contribution in [2.45, 2.75) is 32.9 Å². The number of nitro benzene ring substituents is 1. The number of likely N-dealkylation sites (N-methyl/N-ethyl adjacent to an activating group) is 1. The molecule has 1 N–H and O–H groups in total. The van der Waals surface area contributed by atoms with E-state index in [1.807, 2.05) is 31.2 Å². The molecule has 0 saturated heterocycles. The molecule has 35 heavy (non-hydrogen) atoms. The Bertz CT molecular complexity index is 1200. The highest BCUT2D eigenvalue weighted by Gasteiger charge is 2.32. The van der Waals surface area contributed by atoms with Crippen LogP contribution >= 0.6 is 0 Å². The third-order valence-electron chi connectivity index (χ3n) is 5.39. The van der Waals surface area contributed by atoms with E-state index in [0.29, 0.717) is 0 Å². The largest absolute Gasteiger partial charge is 0.495 e. The van der Waals surface area contributed by atoms with Gasteiger partial charge in [0.1, 0.15) is 24.0 Å². The highest BCUT2D eigenvalue weighted by Crippen LogP contribution is 2.34. The van der Waals surface area contributed by atoms with E-state index in [4.69, 9.17) is 4.74 Å². The second-order valence-corrected chi connectivity index (χ2v) is 9.84. The number of carbonyl (C=O) groups excluding carboxylic acids is 2. The Morgan fingerprint density at radius 2 is 1.89 bits per heavy atom. The van der Waals surface area contributed by atoms with Crippen molar-refractivity contribution >= 4 is 33.2 Å². The lowest BCUT2D eigenvalue weighted by Gasteiger charge is -2.32. The van der Waals surface area contributed by atoms with Crippen LogP contribution in [0, 0.1) is 17.0 Å².